The second-order valence-corrected chi connectivity index (χ2v) is 5.76. The van der Waals surface area contributed by atoms with Gasteiger partial charge in [-0.2, -0.15) is 11.8 Å². The van der Waals surface area contributed by atoms with Crippen LogP contribution in [0.5, 0.6) is 0 Å². The van der Waals surface area contributed by atoms with E-state index in [1.54, 1.807) is 0 Å². The maximum Gasteiger partial charge on any atom is 0.130 e. The molecule has 0 fully saturated rings. The van der Waals surface area contributed by atoms with Crippen LogP contribution in [0.1, 0.15) is 26.7 Å². The van der Waals surface area contributed by atoms with Gasteiger partial charge in [0.1, 0.15) is 4.32 Å². The topological polar surface area (TPSA) is 12.0 Å². The summed E-state index contributed by atoms with van der Waals surface area (Å²) in [6, 6.07) is 0. The van der Waals surface area contributed by atoms with Crippen molar-refractivity contribution in [1.29, 1.82) is 0 Å². The van der Waals surface area contributed by atoms with Gasteiger partial charge in [0, 0.05) is 6.54 Å². The zero-order valence-electron chi connectivity index (χ0n) is 8.38. The first-order valence-corrected chi connectivity index (χ1v) is 6.68. The number of rotatable bonds is 7. The summed E-state index contributed by atoms with van der Waals surface area (Å²) >= 11 is 10.8. The van der Waals surface area contributed by atoms with Crippen LogP contribution >= 0.6 is 36.6 Å². The Morgan fingerprint density at radius 1 is 1.46 bits per heavy atom. The summed E-state index contributed by atoms with van der Waals surface area (Å²) in [5, 5.41) is 3.03. The molecule has 13 heavy (non-hydrogen) atoms. The van der Waals surface area contributed by atoms with E-state index in [9.17, 15) is 0 Å². The van der Waals surface area contributed by atoms with Gasteiger partial charge in [0.25, 0.3) is 0 Å². The van der Waals surface area contributed by atoms with Gasteiger partial charge in [-0.25, -0.2) is 0 Å². The molecule has 0 aromatic carbocycles. The zero-order chi connectivity index (χ0) is 10.1. The van der Waals surface area contributed by atoms with Gasteiger partial charge < -0.3 is 5.32 Å². The molecule has 78 valence electrons. The van der Waals surface area contributed by atoms with Crippen molar-refractivity contribution < 1.29 is 0 Å². The lowest BCUT2D eigenvalue weighted by Gasteiger charge is -2.05. The molecule has 0 bridgehead atoms. The Hall–Kier alpha value is 0.590. The highest BCUT2D eigenvalue weighted by atomic mass is 32.2. The summed E-state index contributed by atoms with van der Waals surface area (Å²) in [6.07, 6.45) is 2.49. The molecule has 1 nitrogen and oxygen atoms in total. The predicted molar refractivity (Wildman–Crippen MR) is 71.0 cm³/mol. The Kier molecular flexibility index (Phi) is 9.57. The van der Waals surface area contributed by atoms with Crippen LogP contribution < -0.4 is 5.32 Å². The van der Waals surface area contributed by atoms with Crippen molar-refractivity contribution in [1.82, 2.24) is 5.32 Å². The molecule has 4 heteroatoms. The smallest absolute Gasteiger partial charge is 0.130 e. The molecule has 0 atom stereocenters. The fraction of sp³-hybridized carbons (Fsp3) is 0.889. The SMILES string of the molecule is CC(C)CCSCCCNC(=S)S. The molecule has 0 saturated heterocycles. The van der Waals surface area contributed by atoms with Crippen LogP contribution in [0.4, 0.5) is 0 Å². The van der Waals surface area contributed by atoms with Crippen molar-refractivity contribution in [3.8, 4) is 0 Å². The summed E-state index contributed by atoms with van der Waals surface area (Å²) in [5.41, 5.74) is 0. The first-order chi connectivity index (χ1) is 6.13. The molecule has 0 aliphatic heterocycles. The van der Waals surface area contributed by atoms with Crippen LogP contribution in [0.3, 0.4) is 0 Å². The normalized spacial score (nSPS) is 10.5. The molecule has 0 aliphatic rings. The number of thiol groups is 1. The van der Waals surface area contributed by atoms with E-state index in [-0.39, 0.29) is 0 Å². The zero-order valence-corrected chi connectivity index (χ0v) is 10.9. The standard InChI is InChI=1S/C9H19NS3/c1-8(2)4-7-13-6-3-5-10-9(11)12/h8H,3-7H2,1-2H3,(H2,10,11,12). The van der Waals surface area contributed by atoms with Gasteiger partial charge in [-0.05, 0) is 30.3 Å². The van der Waals surface area contributed by atoms with E-state index in [1.807, 2.05) is 11.8 Å². The highest BCUT2D eigenvalue weighted by Gasteiger charge is 1.94. The minimum Gasteiger partial charge on any atom is -0.371 e. The molecule has 0 amide bonds. The van der Waals surface area contributed by atoms with Crippen LogP contribution in [0, 0.1) is 5.92 Å². The van der Waals surface area contributed by atoms with Crippen molar-refractivity contribution in [2.45, 2.75) is 26.7 Å². The molecule has 0 aromatic rings. The molecular formula is C9H19NS3. The van der Waals surface area contributed by atoms with Crippen LogP contribution in [0.2, 0.25) is 0 Å². The summed E-state index contributed by atoms with van der Waals surface area (Å²) in [7, 11) is 0. The number of hydrogen-bond acceptors (Lipinski definition) is 2. The minimum absolute atomic E-state index is 0.604. The average molecular weight is 237 g/mol. The van der Waals surface area contributed by atoms with Crippen molar-refractivity contribution in [3.63, 3.8) is 0 Å². The number of thiocarbonyl (C=S) groups is 1. The quantitative estimate of drug-likeness (QED) is 0.401. The summed E-state index contributed by atoms with van der Waals surface area (Å²) in [4.78, 5) is 0. The van der Waals surface area contributed by atoms with E-state index in [0.717, 1.165) is 12.5 Å². The highest BCUT2D eigenvalue weighted by Crippen LogP contribution is 2.09. The molecule has 0 spiro atoms. The fourth-order valence-corrected chi connectivity index (χ4v) is 2.20. The second-order valence-electron chi connectivity index (χ2n) is 3.38. The van der Waals surface area contributed by atoms with Gasteiger partial charge in [-0.3, -0.25) is 0 Å². The predicted octanol–water partition coefficient (Wildman–Crippen LogP) is 2.96. The number of nitrogens with one attached hydrogen (secondary N) is 1. The van der Waals surface area contributed by atoms with Gasteiger partial charge in [0.15, 0.2) is 0 Å². The minimum atomic E-state index is 0.604. The third-order valence-corrected chi connectivity index (χ3v) is 2.99. The van der Waals surface area contributed by atoms with Crippen LogP contribution in [-0.4, -0.2) is 22.4 Å². The van der Waals surface area contributed by atoms with Crippen molar-refractivity contribution >= 4 is 40.9 Å². The Morgan fingerprint density at radius 3 is 2.69 bits per heavy atom. The number of hydrogen-bond donors (Lipinski definition) is 2. The molecule has 1 N–H and O–H groups in total. The summed E-state index contributed by atoms with van der Waals surface area (Å²) in [5.74, 6) is 3.33. The van der Waals surface area contributed by atoms with E-state index < -0.39 is 0 Å². The van der Waals surface area contributed by atoms with Crippen LogP contribution in [0.25, 0.3) is 0 Å². The maximum absolute atomic E-state index is 4.78. The van der Waals surface area contributed by atoms with E-state index in [0.29, 0.717) is 4.32 Å². The van der Waals surface area contributed by atoms with Crippen LogP contribution in [0.15, 0.2) is 0 Å². The first-order valence-electron chi connectivity index (χ1n) is 4.67. The van der Waals surface area contributed by atoms with E-state index >= 15 is 0 Å². The van der Waals surface area contributed by atoms with Crippen molar-refractivity contribution in [2.24, 2.45) is 5.92 Å². The van der Waals surface area contributed by atoms with Crippen LogP contribution in [-0.2, 0) is 0 Å². The molecule has 0 saturated carbocycles. The number of thioether (sulfide) groups is 1. The third-order valence-electron chi connectivity index (χ3n) is 1.58. The highest BCUT2D eigenvalue weighted by molar-refractivity contribution is 8.11. The summed E-state index contributed by atoms with van der Waals surface area (Å²) in [6.45, 7) is 5.49. The van der Waals surface area contributed by atoms with E-state index in [1.165, 1.54) is 24.3 Å². The molecule has 0 unspecified atom stereocenters. The molecule has 0 aliphatic carbocycles. The fourth-order valence-electron chi connectivity index (χ4n) is 0.791. The maximum atomic E-state index is 4.78. The van der Waals surface area contributed by atoms with Crippen molar-refractivity contribution in [3.05, 3.63) is 0 Å². The molecule has 0 rings (SSSR count). The Labute approximate surface area is 96.8 Å². The third kappa shape index (κ3) is 12.6. The Balaban J connectivity index is 2.96. The van der Waals surface area contributed by atoms with Gasteiger partial charge in [0.2, 0.25) is 0 Å². The monoisotopic (exact) mass is 237 g/mol. The van der Waals surface area contributed by atoms with E-state index in [2.05, 4.69) is 31.8 Å². The summed E-state index contributed by atoms with van der Waals surface area (Å²) < 4.78 is 0.604. The molecular weight excluding hydrogens is 218 g/mol. The molecule has 0 radical (unpaired) electrons. The largest absolute Gasteiger partial charge is 0.371 e. The van der Waals surface area contributed by atoms with Crippen molar-refractivity contribution in [2.75, 3.05) is 18.1 Å². The molecule has 0 aromatic heterocycles. The van der Waals surface area contributed by atoms with Gasteiger partial charge >= 0.3 is 0 Å². The van der Waals surface area contributed by atoms with E-state index in [4.69, 9.17) is 12.2 Å². The van der Waals surface area contributed by atoms with Gasteiger partial charge in [-0.15, -0.1) is 12.6 Å². The lowest BCUT2D eigenvalue weighted by atomic mass is 10.2. The first kappa shape index (κ1) is 13.6. The lowest BCUT2D eigenvalue weighted by Crippen LogP contribution is -2.17. The lowest BCUT2D eigenvalue weighted by molar-refractivity contribution is 0.632. The van der Waals surface area contributed by atoms with Gasteiger partial charge in [-0.1, -0.05) is 26.1 Å². The second kappa shape index (κ2) is 9.16. The molecule has 0 heterocycles. The Bertz CT molecular complexity index is 137. The van der Waals surface area contributed by atoms with Gasteiger partial charge in [0.05, 0.1) is 0 Å². The Morgan fingerprint density at radius 2 is 2.15 bits per heavy atom. The average Bonchev–Trinajstić information content (AvgIpc) is 2.01.